The van der Waals surface area contributed by atoms with Crippen LogP contribution in [0.3, 0.4) is 0 Å². The molecule has 92 valence electrons. The van der Waals surface area contributed by atoms with E-state index in [1.165, 1.54) is 0 Å². The van der Waals surface area contributed by atoms with E-state index >= 15 is 0 Å². The third-order valence-electron chi connectivity index (χ3n) is 2.72. The lowest BCUT2D eigenvalue weighted by Crippen LogP contribution is -2.51. The Hall–Kier alpha value is -0.450. The van der Waals surface area contributed by atoms with E-state index < -0.39 is 0 Å². The summed E-state index contributed by atoms with van der Waals surface area (Å²) < 4.78 is 0. The molecule has 4 heteroatoms. The van der Waals surface area contributed by atoms with Gasteiger partial charge < -0.3 is 11.1 Å². The van der Waals surface area contributed by atoms with Gasteiger partial charge in [-0.3, -0.25) is 0 Å². The zero-order valence-electron chi connectivity index (χ0n) is 10.7. The second-order valence-corrected chi connectivity index (χ2v) is 6.11. The summed E-state index contributed by atoms with van der Waals surface area (Å²) in [5, 5.41) is 6.63. The molecule has 0 saturated heterocycles. The summed E-state index contributed by atoms with van der Waals surface area (Å²) in [6.07, 6.45) is 4.00. The molecule has 3 N–H and O–H groups in total. The lowest BCUT2D eigenvalue weighted by molar-refractivity contribution is 0.319. The van der Waals surface area contributed by atoms with Crippen LogP contribution >= 0.6 is 11.3 Å². The van der Waals surface area contributed by atoms with Crippen molar-refractivity contribution in [3.8, 4) is 0 Å². The van der Waals surface area contributed by atoms with Gasteiger partial charge in [-0.25, -0.2) is 4.98 Å². The molecule has 16 heavy (non-hydrogen) atoms. The quantitative estimate of drug-likeness (QED) is 0.804. The predicted octanol–water partition coefficient (Wildman–Crippen LogP) is 2.49. The number of aromatic nitrogens is 1. The van der Waals surface area contributed by atoms with Gasteiger partial charge in [-0.15, -0.1) is 11.3 Å². The number of thiazole rings is 1. The average Bonchev–Trinajstić information content (AvgIpc) is 2.68. The first-order valence-corrected chi connectivity index (χ1v) is 6.69. The van der Waals surface area contributed by atoms with Gasteiger partial charge in [0.15, 0.2) is 0 Å². The van der Waals surface area contributed by atoms with Crippen molar-refractivity contribution in [1.82, 2.24) is 10.3 Å². The molecule has 0 saturated carbocycles. The maximum atomic E-state index is 6.21. The fourth-order valence-corrected chi connectivity index (χ4v) is 2.43. The number of rotatable bonds is 6. The molecule has 1 aromatic rings. The summed E-state index contributed by atoms with van der Waals surface area (Å²) >= 11 is 1.68. The zero-order valence-corrected chi connectivity index (χ0v) is 11.5. The maximum absolute atomic E-state index is 6.21. The summed E-state index contributed by atoms with van der Waals surface area (Å²) in [5.74, 6) is 0. The Balaban J connectivity index is 2.54. The first kappa shape index (κ1) is 13.6. The van der Waals surface area contributed by atoms with Gasteiger partial charge in [0, 0.05) is 23.7 Å². The molecular formula is C12H23N3S. The predicted molar refractivity (Wildman–Crippen MR) is 70.6 cm³/mol. The molecule has 0 aromatic carbocycles. The van der Waals surface area contributed by atoms with Gasteiger partial charge in [-0.1, -0.05) is 13.3 Å². The van der Waals surface area contributed by atoms with Crippen molar-refractivity contribution in [1.29, 1.82) is 0 Å². The summed E-state index contributed by atoms with van der Waals surface area (Å²) in [6.45, 7) is 9.37. The van der Waals surface area contributed by atoms with Gasteiger partial charge in [0.1, 0.15) is 5.01 Å². The highest BCUT2D eigenvalue weighted by Crippen LogP contribution is 2.22. The molecule has 0 aliphatic carbocycles. The van der Waals surface area contributed by atoms with Crippen LogP contribution in [0.1, 0.15) is 45.5 Å². The Morgan fingerprint density at radius 2 is 2.12 bits per heavy atom. The number of hydrogen-bond acceptors (Lipinski definition) is 4. The molecule has 0 radical (unpaired) electrons. The Morgan fingerprint density at radius 1 is 1.44 bits per heavy atom. The van der Waals surface area contributed by atoms with E-state index in [1.807, 2.05) is 11.6 Å². The van der Waals surface area contributed by atoms with Crippen LogP contribution in [-0.2, 0) is 5.54 Å². The largest absolute Gasteiger partial charge is 0.324 e. The molecule has 1 rings (SSSR count). The van der Waals surface area contributed by atoms with Crippen LogP contribution < -0.4 is 11.1 Å². The van der Waals surface area contributed by atoms with Crippen molar-refractivity contribution in [3.05, 3.63) is 16.6 Å². The van der Waals surface area contributed by atoms with Crippen molar-refractivity contribution >= 4 is 11.3 Å². The molecule has 0 bridgehead atoms. The molecule has 1 unspecified atom stereocenters. The van der Waals surface area contributed by atoms with Gasteiger partial charge in [-0.05, 0) is 27.2 Å². The highest BCUT2D eigenvalue weighted by Gasteiger charge is 2.26. The van der Waals surface area contributed by atoms with Gasteiger partial charge in [0.2, 0.25) is 0 Å². The van der Waals surface area contributed by atoms with Gasteiger partial charge in [0.05, 0.1) is 5.54 Å². The molecule has 3 nitrogen and oxygen atoms in total. The number of nitrogens with zero attached hydrogens (tertiary/aromatic N) is 1. The molecular weight excluding hydrogens is 218 g/mol. The van der Waals surface area contributed by atoms with Crippen molar-refractivity contribution < 1.29 is 0 Å². The van der Waals surface area contributed by atoms with Crippen LogP contribution in [0.25, 0.3) is 0 Å². The van der Waals surface area contributed by atoms with Crippen LogP contribution in [0, 0.1) is 0 Å². The van der Waals surface area contributed by atoms with Crippen LogP contribution in [0.4, 0.5) is 0 Å². The van der Waals surface area contributed by atoms with Crippen LogP contribution in [0.2, 0.25) is 0 Å². The lowest BCUT2D eigenvalue weighted by atomic mass is 9.95. The van der Waals surface area contributed by atoms with E-state index in [0.29, 0.717) is 0 Å². The fourth-order valence-electron chi connectivity index (χ4n) is 1.69. The van der Waals surface area contributed by atoms with Crippen LogP contribution in [-0.4, -0.2) is 17.1 Å². The number of hydrogen-bond donors (Lipinski definition) is 2. The van der Waals surface area contributed by atoms with Gasteiger partial charge in [0.25, 0.3) is 0 Å². The first-order chi connectivity index (χ1) is 7.37. The molecule has 1 atom stereocenters. The van der Waals surface area contributed by atoms with E-state index in [2.05, 4.69) is 38.0 Å². The van der Waals surface area contributed by atoms with Crippen molar-refractivity contribution in [2.24, 2.45) is 5.73 Å². The van der Waals surface area contributed by atoms with Gasteiger partial charge in [-0.2, -0.15) is 0 Å². The second-order valence-electron chi connectivity index (χ2n) is 5.22. The fraction of sp³-hybridized carbons (Fsp3) is 0.750. The van der Waals surface area contributed by atoms with Crippen molar-refractivity contribution in [2.75, 3.05) is 6.54 Å². The summed E-state index contributed by atoms with van der Waals surface area (Å²) in [5.41, 5.74) is 5.98. The second kappa shape index (κ2) is 5.25. The van der Waals surface area contributed by atoms with Gasteiger partial charge >= 0.3 is 0 Å². The molecule has 0 aliphatic heterocycles. The highest BCUT2D eigenvalue weighted by atomic mass is 32.1. The molecule has 0 aliphatic rings. The van der Waals surface area contributed by atoms with Crippen molar-refractivity contribution in [2.45, 2.75) is 51.6 Å². The monoisotopic (exact) mass is 241 g/mol. The molecule has 0 fully saturated rings. The molecule has 0 amide bonds. The minimum Gasteiger partial charge on any atom is -0.324 e. The van der Waals surface area contributed by atoms with E-state index in [0.717, 1.165) is 24.4 Å². The van der Waals surface area contributed by atoms with E-state index in [9.17, 15) is 0 Å². The third kappa shape index (κ3) is 3.85. The summed E-state index contributed by atoms with van der Waals surface area (Å²) in [6, 6.07) is 0. The first-order valence-electron chi connectivity index (χ1n) is 5.81. The Morgan fingerprint density at radius 3 is 2.62 bits per heavy atom. The Labute approximate surface area is 102 Å². The smallest absolute Gasteiger partial charge is 0.112 e. The lowest BCUT2D eigenvalue weighted by Gasteiger charge is -2.31. The standard InChI is InChI=1S/C12H23N3S/c1-5-6-12(4,13)9-15-11(2,3)10-14-7-8-16-10/h7-8,15H,5-6,9,13H2,1-4H3. The minimum atomic E-state index is -0.136. The zero-order chi connectivity index (χ0) is 12.2. The molecule has 0 spiro atoms. The van der Waals surface area contributed by atoms with Crippen LogP contribution in [0.5, 0.6) is 0 Å². The minimum absolute atomic E-state index is 0.0947. The average molecular weight is 241 g/mol. The number of nitrogens with two attached hydrogens (primary N) is 1. The topological polar surface area (TPSA) is 50.9 Å². The normalized spacial score (nSPS) is 16.1. The van der Waals surface area contributed by atoms with E-state index in [4.69, 9.17) is 5.73 Å². The molecule has 1 heterocycles. The maximum Gasteiger partial charge on any atom is 0.112 e. The third-order valence-corrected chi connectivity index (χ3v) is 3.82. The number of nitrogens with one attached hydrogen (secondary N) is 1. The summed E-state index contributed by atoms with van der Waals surface area (Å²) in [7, 11) is 0. The van der Waals surface area contributed by atoms with Crippen molar-refractivity contribution in [3.63, 3.8) is 0 Å². The molecule has 1 aromatic heterocycles. The summed E-state index contributed by atoms with van der Waals surface area (Å²) in [4.78, 5) is 4.35. The SMILES string of the molecule is CCCC(C)(N)CNC(C)(C)c1nccs1. The Kier molecular flexibility index (Phi) is 4.47. The van der Waals surface area contributed by atoms with E-state index in [1.54, 1.807) is 11.3 Å². The van der Waals surface area contributed by atoms with E-state index in [-0.39, 0.29) is 11.1 Å². The van der Waals surface area contributed by atoms with Crippen LogP contribution in [0.15, 0.2) is 11.6 Å². The highest BCUT2D eigenvalue weighted by molar-refractivity contribution is 7.09. The Bertz CT molecular complexity index is 304.